The molecule has 104 valence electrons. The van der Waals surface area contributed by atoms with Crippen molar-refractivity contribution >= 4 is 11.8 Å². The Hall–Kier alpha value is -1.06. The Morgan fingerprint density at radius 1 is 1.28 bits per heavy atom. The van der Waals surface area contributed by atoms with Gasteiger partial charge in [0, 0.05) is 6.54 Å². The van der Waals surface area contributed by atoms with E-state index in [1.54, 1.807) is 4.90 Å². The third-order valence-electron chi connectivity index (χ3n) is 3.70. The highest BCUT2D eigenvalue weighted by Gasteiger charge is 2.46. The van der Waals surface area contributed by atoms with E-state index in [4.69, 9.17) is 0 Å². The van der Waals surface area contributed by atoms with E-state index in [2.05, 4.69) is 12.2 Å². The molecule has 1 unspecified atom stereocenters. The largest absolute Gasteiger partial charge is 0.342 e. The third kappa shape index (κ3) is 2.85. The zero-order valence-corrected chi connectivity index (χ0v) is 12.2. The molecule has 0 bridgehead atoms. The second-order valence-electron chi connectivity index (χ2n) is 5.95. The number of piperazine rings is 1. The fourth-order valence-electron chi connectivity index (χ4n) is 2.31. The lowest BCUT2D eigenvalue weighted by molar-refractivity contribution is -0.156. The molecule has 1 N–H and O–H groups in total. The number of rotatable bonds is 5. The van der Waals surface area contributed by atoms with Crippen LogP contribution in [0, 0.1) is 5.92 Å². The van der Waals surface area contributed by atoms with Crippen molar-refractivity contribution in [1.29, 1.82) is 0 Å². The Labute approximate surface area is 110 Å². The second kappa shape index (κ2) is 5.72. The predicted molar refractivity (Wildman–Crippen MR) is 72.1 cm³/mol. The monoisotopic (exact) mass is 254 g/mol. The Morgan fingerprint density at radius 2 is 1.89 bits per heavy atom. The number of nitrogens with one attached hydrogen (secondary N) is 1. The van der Waals surface area contributed by atoms with Crippen LogP contribution in [-0.2, 0) is 9.59 Å². The van der Waals surface area contributed by atoms with Gasteiger partial charge in [-0.1, -0.05) is 33.6 Å². The van der Waals surface area contributed by atoms with Crippen LogP contribution < -0.4 is 5.32 Å². The normalized spacial score (nSPS) is 23.4. The molecule has 0 aliphatic carbocycles. The molecule has 4 nitrogen and oxygen atoms in total. The first kappa shape index (κ1) is 15.0. The number of hydrogen-bond donors (Lipinski definition) is 1. The molecule has 2 amide bonds. The van der Waals surface area contributed by atoms with Crippen LogP contribution in [-0.4, -0.2) is 34.8 Å². The summed E-state index contributed by atoms with van der Waals surface area (Å²) in [4.78, 5) is 26.3. The van der Waals surface area contributed by atoms with E-state index in [1.807, 2.05) is 27.7 Å². The lowest BCUT2D eigenvalue weighted by Gasteiger charge is -2.45. The van der Waals surface area contributed by atoms with Crippen LogP contribution >= 0.6 is 0 Å². The van der Waals surface area contributed by atoms with Gasteiger partial charge in [0.05, 0.1) is 0 Å². The summed E-state index contributed by atoms with van der Waals surface area (Å²) < 4.78 is 0. The van der Waals surface area contributed by atoms with Gasteiger partial charge in [-0.05, 0) is 26.2 Å². The summed E-state index contributed by atoms with van der Waals surface area (Å²) in [6, 6.07) is -0.368. The molecule has 1 aliphatic heterocycles. The Kier molecular flexibility index (Phi) is 4.77. The highest BCUT2D eigenvalue weighted by molar-refractivity contribution is 5.99. The molecule has 0 aromatic carbocycles. The van der Waals surface area contributed by atoms with Crippen LogP contribution in [0.5, 0.6) is 0 Å². The molecule has 1 saturated heterocycles. The van der Waals surface area contributed by atoms with Crippen LogP contribution in [0.3, 0.4) is 0 Å². The standard InChI is InChI=1S/C14H26N2O2/c1-6-7-8-9-16-12(17)11(10(2)3)15-13(18)14(16,4)5/h10-11H,6-9H2,1-5H3,(H,15,18). The highest BCUT2D eigenvalue weighted by Crippen LogP contribution is 2.24. The van der Waals surface area contributed by atoms with Crippen molar-refractivity contribution in [1.82, 2.24) is 10.2 Å². The van der Waals surface area contributed by atoms with Gasteiger partial charge in [-0.2, -0.15) is 0 Å². The molecular formula is C14H26N2O2. The Morgan fingerprint density at radius 3 is 2.39 bits per heavy atom. The molecule has 18 heavy (non-hydrogen) atoms. The molecule has 1 heterocycles. The van der Waals surface area contributed by atoms with Gasteiger partial charge < -0.3 is 10.2 Å². The van der Waals surface area contributed by atoms with E-state index >= 15 is 0 Å². The first-order valence-electron chi connectivity index (χ1n) is 6.94. The van der Waals surface area contributed by atoms with Crippen molar-refractivity contribution in [3.05, 3.63) is 0 Å². The summed E-state index contributed by atoms with van der Waals surface area (Å²) in [6.45, 7) is 10.4. The summed E-state index contributed by atoms with van der Waals surface area (Å²) in [6.07, 6.45) is 3.17. The van der Waals surface area contributed by atoms with Crippen molar-refractivity contribution in [2.24, 2.45) is 5.92 Å². The first-order valence-corrected chi connectivity index (χ1v) is 6.94. The van der Waals surface area contributed by atoms with Crippen LogP contribution in [0.2, 0.25) is 0 Å². The Bertz CT molecular complexity index is 324. The average Bonchev–Trinajstić information content (AvgIpc) is 2.28. The molecule has 1 rings (SSSR count). The van der Waals surface area contributed by atoms with Crippen molar-refractivity contribution in [3.63, 3.8) is 0 Å². The summed E-state index contributed by atoms with van der Waals surface area (Å²) in [5.74, 6) is 0.147. The quantitative estimate of drug-likeness (QED) is 0.762. The molecule has 0 radical (unpaired) electrons. The van der Waals surface area contributed by atoms with Gasteiger partial charge in [0.2, 0.25) is 11.8 Å². The van der Waals surface area contributed by atoms with Crippen LogP contribution in [0.4, 0.5) is 0 Å². The van der Waals surface area contributed by atoms with E-state index < -0.39 is 5.54 Å². The van der Waals surface area contributed by atoms with Gasteiger partial charge in [0.1, 0.15) is 11.6 Å². The maximum Gasteiger partial charge on any atom is 0.246 e. The van der Waals surface area contributed by atoms with Gasteiger partial charge in [-0.25, -0.2) is 0 Å². The molecule has 0 aromatic heterocycles. The molecule has 0 spiro atoms. The fourth-order valence-corrected chi connectivity index (χ4v) is 2.31. The molecule has 1 aliphatic rings. The van der Waals surface area contributed by atoms with E-state index in [0.29, 0.717) is 6.54 Å². The van der Waals surface area contributed by atoms with Gasteiger partial charge in [-0.15, -0.1) is 0 Å². The smallest absolute Gasteiger partial charge is 0.246 e. The van der Waals surface area contributed by atoms with Crippen molar-refractivity contribution in [3.8, 4) is 0 Å². The van der Waals surface area contributed by atoms with Crippen molar-refractivity contribution in [2.75, 3.05) is 6.54 Å². The lowest BCUT2D eigenvalue weighted by atomic mass is 9.91. The van der Waals surface area contributed by atoms with Gasteiger partial charge in [0.15, 0.2) is 0 Å². The average molecular weight is 254 g/mol. The summed E-state index contributed by atoms with van der Waals surface area (Å²) in [5.41, 5.74) is -0.726. The molecule has 4 heteroatoms. The number of nitrogens with zero attached hydrogens (tertiary/aromatic N) is 1. The van der Waals surface area contributed by atoms with Gasteiger partial charge in [0.25, 0.3) is 0 Å². The molecule has 0 aromatic rings. The van der Waals surface area contributed by atoms with Crippen LogP contribution in [0.25, 0.3) is 0 Å². The maximum atomic E-state index is 12.4. The van der Waals surface area contributed by atoms with E-state index in [9.17, 15) is 9.59 Å². The number of hydrogen-bond acceptors (Lipinski definition) is 2. The summed E-state index contributed by atoms with van der Waals surface area (Å²) >= 11 is 0. The zero-order chi connectivity index (χ0) is 13.9. The van der Waals surface area contributed by atoms with Crippen LogP contribution in [0.15, 0.2) is 0 Å². The number of amides is 2. The van der Waals surface area contributed by atoms with Crippen molar-refractivity contribution < 1.29 is 9.59 Å². The number of carbonyl (C=O) groups excluding carboxylic acids is 2. The second-order valence-corrected chi connectivity index (χ2v) is 5.95. The van der Waals surface area contributed by atoms with E-state index in [-0.39, 0.29) is 23.8 Å². The van der Waals surface area contributed by atoms with Crippen molar-refractivity contribution in [2.45, 2.75) is 65.5 Å². The zero-order valence-electron chi connectivity index (χ0n) is 12.2. The van der Waals surface area contributed by atoms with Crippen LogP contribution in [0.1, 0.15) is 53.9 Å². The fraction of sp³-hybridized carbons (Fsp3) is 0.857. The first-order chi connectivity index (χ1) is 8.32. The topological polar surface area (TPSA) is 49.4 Å². The van der Waals surface area contributed by atoms with Gasteiger partial charge >= 0.3 is 0 Å². The highest BCUT2D eigenvalue weighted by atomic mass is 16.2. The SMILES string of the molecule is CCCCCN1C(=O)C(C(C)C)NC(=O)C1(C)C. The predicted octanol–water partition coefficient (Wildman–Crippen LogP) is 1.94. The minimum atomic E-state index is -0.726. The summed E-state index contributed by atoms with van der Waals surface area (Å²) in [7, 11) is 0. The van der Waals surface area contributed by atoms with E-state index in [0.717, 1.165) is 19.3 Å². The minimum absolute atomic E-state index is 0.0442. The molecule has 0 saturated carbocycles. The number of unbranched alkanes of at least 4 members (excludes halogenated alkanes) is 2. The Balaban J connectivity index is 2.85. The molecule has 1 fully saturated rings. The third-order valence-corrected chi connectivity index (χ3v) is 3.70. The van der Waals surface area contributed by atoms with E-state index in [1.165, 1.54) is 0 Å². The van der Waals surface area contributed by atoms with Gasteiger partial charge in [-0.3, -0.25) is 9.59 Å². The number of carbonyl (C=O) groups is 2. The maximum absolute atomic E-state index is 12.4. The minimum Gasteiger partial charge on any atom is -0.342 e. The lowest BCUT2D eigenvalue weighted by Crippen LogP contribution is -2.69. The molecule has 1 atom stereocenters. The molecular weight excluding hydrogens is 228 g/mol. The summed E-state index contributed by atoms with van der Waals surface area (Å²) in [5, 5.41) is 2.85.